The molecule has 1 heterocycles. The topological polar surface area (TPSA) is 56.8 Å². The van der Waals surface area contributed by atoms with Gasteiger partial charge in [0, 0.05) is 17.5 Å². The van der Waals surface area contributed by atoms with Gasteiger partial charge in [-0.3, -0.25) is 0 Å². The van der Waals surface area contributed by atoms with Crippen LogP contribution in [0.4, 0.5) is 10.1 Å². The number of rotatable bonds is 5. The minimum absolute atomic E-state index is 0.110. The highest BCUT2D eigenvalue weighted by Gasteiger charge is 2.27. The predicted molar refractivity (Wildman–Crippen MR) is 133 cm³/mol. The van der Waals surface area contributed by atoms with Crippen LogP contribution in [-0.4, -0.2) is 25.2 Å². The van der Waals surface area contributed by atoms with Crippen LogP contribution in [0, 0.1) is 5.82 Å². The maximum Gasteiger partial charge on any atom is 0.333 e. The van der Waals surface area contributed by atoms with Crippen LogP contribution in [0.25, 0.3) is 11.1 Å². The molecule has 0 saturated carbocycles. The molecule has 0 aromatic heterocycles. The minimum atomic E-state index is -0.791. The first kappa shape index (κ1) is 24.7. The second-order valence-electron chi connectivity index (χ2n) is 7.45. The summed E-state index contributed by atoms with van der Waals surface area (Å²) in [7, 11) is 0. The molecule has 1 aliphatic heterocycles. The van der Waals surface area contributed by atoms with Gasteiger partial charge in [0.05, 0.1) is 39.0 Å². The van der Waals surface area contributed by atoms with Crippen molar-refractivity contribution in [3.05, 3.63) is 68.4 Å². The number of nitrogens with one attached hydrogen (secondary N) is 1. The average Bonchev–Trinajstić information content (AvgIpc) is 3.03. The van der Waals surface area contributed by atoms with E-state index in [1.807, 2.05) is 0 Å². The number of benzene rings is 3. The summed E-state index contributed by atoms with van der Waals surface area (Å²) in [5.74, 6) is -0.487. The Labute approximate surface area is 215 Å². The molecule has 1 atom stereocenters. The molecule has 4 rings (SSSR count). The van der Waals surface area contributed by atoms with E-state index in [-0.39, 0.29) is 21.5 Å². The van der Waals surface area contributed by atoms with Gasteiger partial charge in [0.2, 0.25) is 5.75 Å². The Balaban J connectivity index is 1.66. The summed E-state index contributed by atoms with van der Waals surface area (Å²) in [5, 5.41) is 3.93. The van der Waals surface area contributed by atoms with Gasteiger partial charge in [0.25, 0.3) is 0 Å². The van der Waals surface area contributed by atoms with E-state index in [1.165, 1.54) is 0 Å². The first-order valence-corrected chi connectivity index (χ1v) is 11.8. The molecule has 0 amide bonds. The molecule has 0 spiro atoms. The van der Waals surface area contributed by atoms with Crippen molar-refractivity contribution in [2.75, 3.05) is 18.5 Å². The fourth-order valence-corrected chi connectivity index (χ4v) is 4.59. The summed E-state index contributed by atoms with van der Waals surface area (Å²) >= 11 is 24.9. The van der Waals surface area contributed by atoms with Gasteiger partial charge in [-0.25, -0.2) is 9.18 Å². The fourth-order valence-electron chi connectivity index (χ4n) is 3.42. The van der Waals surface area contributed by atoms with Crippen LogP contribution in [0.1, 0.15) is 13.3 Å². The predicted octanol–water partition coefficient (Wildman–Crippen LogP) is 7.67. The van der Waals surface area contributed by atoms with E-state index in [9.17, 15) is 9.18 Å². The Morgan fingerprint density at radius 3 is 2.24 bits per heavy atom. The van der Waals surface area contributed by atoms with E-state index in [4.69, 9.17) is 60.6 Å². The second-order valence-corrected chi connectivity index (χ2v) is 9.08. The van der Waals surface area contributed by atoms with E-state index in [0.717, 1.165) is 12.1 Å². The zero-order valence-electron chi connectivity index (χ0n) is 17.8. The largest absolute Gasteiger partial charge is 0.489 e. The molecule has 1 N–H and O–H groups in total. The van der Waals surface area contributed by atoms with Crippen molar-refractivity contribution >= 4 is 58.1 Å². The zero-order chi connectivity index (χ0) is 24.4. The van der Waals surface area contributed by atoms with Gasteiger partial charge < -0.3 is 19.5 Å². The highest BCUT2D eigenvalue weighted by molar-refractivity contribution is 6.40. The molecule has 0 fully saturated rings. The van der Waals surface area contributed by atoms with Gasteiger partial charge in [-0.1, -0.05) is 52.5 Å². The maximum absolute atomic E-state index is 13.7. The number of esters is 1. The average molecular weight is 545 g/mol. The standard InChI is InChI=1S/C24H18Cl4FNO4/c1-12(30-21-15(25)4-2-5-16(21)26)24(31)34-19-7-6-14(22-23(19)33-9-3-8-32-22)20-17(27)10-13(29)11-18(20)28/h2,4-7,10-12,30H,3,8-9H2,1H3/t12-/m0/s1. The van der Waals surface area contributed by atoms with Crippen molar-refractivity contribution in [1.82, 2.24) is 0 Å². The third kappa shape index (κ3) is 5.15. The molecule has 3 aromatic rings. The Hall–Kier alpha value is -2.38. The van der Waals surface area contributed by atoms with Crippen molar-refractivity contribution in [1.29, 1.82) is 0 Å². The smallest absolute Gasteiger partial charge is 0.333 e. The maximum atomic E-state index is 13.7. The third-order valence-corrected chi connectivity index (χ3v) is 6.25. The first-order chi connectivity index (χ1) is 16.3. The molecule has 10 heteroatoms. The third-order valence-electron chi connectivity index (χ3n) is 5.02. The van der Waals surface area contributed by atoms with Crippen molar-refractivity contribution in [2.45, 2.75) is 19.4 Å². The Morgan fingerprint density at radius 1 is 0.971 bits per heavy atom. The van der Waals surface area contributed by atoms with Crippen LogP contribution in [0.2, 0.25) is 20.1 Å². The molecule has 0 aliphatic carbocycles. The number of para-hydroxylation sites is 1. The SMILES string of the molecule is C[C@H](Nc1c(Cl)cccc1Cl)C(=O)Oc1ccc(-c2c(Cl)cc(F)cc2Cl)c2c1OCCCO2. The highest BCUT2D eigenvalue weighted by atomic mass is 35.5. The van der Waals surface area contributed by atoms with Gasteiger partial charge in [-0.15, -0.1) is 0 Å². The number of hydrogen-bond acceptors (Lipinski definition) is 5. The number of carbonyl (C=O) groups is 1. The van der Waals surface area contributed by atoms with E-state index >= 15 is 0 Å². The normalized spacial score (nSPS) is 13.7. The Kier molecular flexibility index (Phi) is 7.63. The zero-order valence-corrected chi connectivity index (χ0v) is 20.8. The van der Waals surface area contributed by atoms with Gasteiger partial charge in [-0.2, -0.15) is 0 Å². The molecule has 0 bridgehead atoms. The number of carbonyl (C=O) groups excluding carboxylic acids is 1. The molecule has 178 valence electrons. The molecule has 34 heavy (non-hydrogen) atoms. The first-order valence-electron chi connectivity index (χ1n) is 10.3. The van der Waals surface area contributed by atoms with Gasteiger partial charge in [0.1, 0.15) is 11.9 Å². The summed E-state index contributed by atoms with van der Waals surface area (Å²) in [6, 6.07) is 9.72. The van der Waals surface area contributed by atoms with Crippen LogP contribution in [-0.2, 0) is 4.79 Å². The molecule has 3 aromatic carbocycles. The van der Waals surface area contributed by atoms with Gasteiger partial charge in [-0.05, 0) is 43.3 Å². The van der Waals surface area contributed by atoms with Crippen molar-refractivity contribution in [3.8, 4) is 28.4 Å². The van der Waals surface area contributed by atoms with Crippen molar-refractivity contribution in [2.24, 2.45) is 0 Å². The van der Waals surface area contributed by atoms with Crippen LogP contribution < -0.4 is 19.5 Å². The van der Waals surface area contributed by atoms with Crippen LogP contribution >= 0.6 is 46.4 Å². The van der Waals surface area contributed by atoms with Crippen molar-refractivity contribution < 1.29 is 23.4 Å². The lowest BCUT2D eigenvalue weighted by Gasteiger charge is -2.20. The molecule has 0 unspecified atom stereocenters. The lowest BCUT2D eigenvalue weighted by Crippen LogP contribution is -2.30. The summed E-state index contributed by atoms with van der Waals surface area (Å²) in [5.41, 5.74) is 1.29. The molecule has 0 radical (unpaired) electrons. The number of halogens is 5. The Morgan fingerprint density at radius 2 is 1.59 bits per heavy atom. The summed E-state index contributed by atoms with van der Waals surface area (Å²) in [6.45, 7) is 2.32. The van der Waals surface area contributed by atoms with E-state index in [0.29, 0.717) is 52.2 Å². The van der Waals surface area contributed by atoms with E-state index in [2.05, 4.69) is 5.32 Å². The quantitative estimate of drug-likeness (QED) is 0.264. The van der Waals surface area contributed by atoms with Gasteiger partial charge in [0.15, 0.2) is 11.5 Å². The van der Waals surface area contributed by atoms with Crippen LogP contribution in [0.15, 0.2) is 42.5 Å². The van der Waals surface area contributed by atoms with Gasteiger partial charge >= 0.3 is 5.97 Å². The molecule has 1 aliphatic rings. The molecular formula is C24H18Cl4FNO4. The van der Waals surface area contributed by atoms with Crippen LogP contribution in [0.3, 0.4) is 0 Å². The highest BCUT2D eigenvalue weighted by Crippen LogP contribution is 2.49. The Bertz CT molecular complexity index is 1210. The van der Waals surface area contributed by atoms with E-state index < -0.39 is 17.8 Å². The fraction of sp³-hybridized carbons (Fsp3) is 0.208. The number of anilines is 1. The minimum Gasteiger partial charge on any atom is -0.489 e. The monoisotopic (exact) mass is 543 g/mol. The molecule has 5 nitrogen and oxygen atoms in total. The van der Waals surface area contributed by atoms with E-state index in [1.54, 1.807) is 37.3 Å². The van der Waals surface area contributed by atoms with Crippen molar-refractivity contribution in [3.63, 3.8) is 0 Å². The lowest BCUT2D eigenvalue weighted by atomic mass is 10.0. The summed E-state index contributed by atoms with van der Waals surface area (Å²) in [6.07, 6.45) is 0.607. The van der Waals surface area contributed by atoms with Crippen LogP contribution in [0.5, 0.6) is 17.2 Å². The second kappa shape index (κ2) is 10.5. The molecule has 0 saturated heterocycles. The molecular weight excluding hydrogens is 527 g/mol. The summed E-state index contributed by atoms with van der Waals surface area (Å²) in [4.78, 5) is 12.9. The lowest BCUT2D eigenvalue weighted by molar-refractivity contribution is -0.135. The summed E-state index contributed by atoms with van der Waals surface area (Å²) < 4.78 is 31.1. The number of hydrogen-bond donors (Lipinski definition) is 1. The number of ether oxygens (including phenoxy) is 3. The number of fused-ring (bicyclic) bond motifs is 1.